The second kappa shape index (κ2) is 6.06. The number of rotatable bonds is 4. The van der Waals surface area contributed by atoms with E-state index in [1.54, 1.807) is 19.1 Å². The van der Waals surface area contributed by atoms with Gasteiger partial charge in [-0.1, -0.05) is 6.07 Å². The summed E-state index contributed by atoms with van der Waals surface area (Å²) >= 11 is 0. The van der Waals surface area contributed by atoms with Crippen LogP contribution in [0.25, 0.3) is 0 Å². The molecule has 2 aliphatic heterocycles. The molecule has 2 N–H and O–H groups in total. The van der Waals surface area contributed by atoms with Crippen molar-refractivity contribution in [3.8, 4) is 0 Å². The summed E-state index contributed by atoms with van der Waals surface area (Å²) in [5, 5.41) is 11.2. The van der Waals surface area contributed by atoms with Gasteiger partial charge in [0.15, 0.2) is 0 Å². The van der Waals surface area contributed by atoms with Crippen LogP contribution in [0.2, 0.25) is 0 Å². The summed E-state index contributed by atoms with van der Waals surface area (Å²) in [7, 11) is -3.42. The van der Waals surface area contributed by atoms with Gasteiger partial charge in [0.2, 0.25) is 10.0 Å². The number of amides is 1. The van der Waals surface area contributed by atoms with E-state index in [0.717, 1.165) is 11.1 Å². The molecule has 1 aromatic rings. The van der Waals surface area contributed by atoms with Crippen LogP contribution in [0, 0.1) is 6.92 Å². The molecule has 1 fully saturated rings. The number of cyclic esters (lactones) is 1. The Morgan fingerprint density at radius 2 is 2.21 bits per heavy atom. The zero-order chi connectivity index (χ0) is 17.5. The van der Waals surface area contributed by atoms with Crippen molar-refractivity contribution in [3.63, 3.8) is 0 Å². The molecule has 0 spiro atoms. The molecule has 0 aliphatic carbocycles. The van der Waals surface area contributed by atoms with Crippen molar-refractivity contribution in [2.75, 3.05) is 18.8 Å². The van der Waals surface area contributed by atoms with E-state index in [2.05, 4.69) is 5.32 Å². The minimum absolute atomic E-state index is 0.0526. The number of carbonyl (C=O) groups excluding carboxylic acids is 1. The molecule has 0 saturated carbocycles. The number of ether oxygens (including phenoxy) is 1. The van der Waals surface area contributed by atoms with Crippen LogP contribution >= 0.6 is 0 Å². The number of hydrogen-bond donors (Lipinski definition) is 2. The summed E-state index contributed by atoms with van der Waals surface area (Å²) in [6.07, 6.45) is -0.703. The van der Waals surface area contributed by atoms with E-state index in [-0.39, 0.29) is 18.9 Å². The van der Waals surface area contributed by atoms with Gasteiger partial charge in [0.25, 0.3) is 0 Å². The third kappa shape index (κ3) is 2.84. The molecule has 1 unspecified atom stereocenters. The van der Waals surface area contributed by atoms with Gasteiger partial charge in [0.1, 0.15) is 6.61 Å². The number of sulfonamides is 1. The quantitative estimate of drug-likeness (QED) is 0.780. The van der Waals surface area contributed by atoms with Crippen molar-refractivity contribution in [1.29, 1.82) is 0 Å². The number of hydrogen-bond acceptors (Lipinski definition) is 5. The van der Waals surface area contributed by atoms with E-state index in [9.17, 15) is 18.0 Å². The maximum absolute atomic E-state index is 12.3. The number of benzene rings is 1. The van der Waals surface area contributed by atoms with Crippen LogP contribution in [-0.2, 0) is 21.4 Å². The summed E-state index contributed by atoms with van der Waals surface area (Å²) in [6, 6.07) is 2.65. The molecular weight excluding hydrogens is 336 g/mol. The number of esters is 1. The van der Waals surface area contributed by atoms with Gasteiger partial charge in [-0.3, -0.25) is 0 Å². The number of carbonyl (C=O) groups is 2. The predicted molar refractivity (Wildman–Crippen MR) is 84.2 cm³/mol. The van der Waals surface area contributed by atoms with Crippen molar-refractivity contribution in [2.24, 2.45) is 0 Å². The fraction of sp³-hybridized carbons (Fsp3) is 0.467. The Labute approximate surface area is 139 Å². The van der Waals surface area contributed by atoms with E-state index >= 15 is 0 Å². The first-order valence-electron chi connectivity index (χ1n) is 7.57. The average molecular weight is 354 g/mol. The molecule has 1 amide bonds. The molecule has 2 heterocycles. The highest BCUT2D eigenvalue weighted by molar-refractivity contribution is 7.89. The van der Waals surface area contributed by atoms with Crippen LogP contribution in [0.5, 0.6) is 0 Å². The minimum atomic E-state index is -3.42. The fourth-order valence-electron chi connectivity index (χ4n) is 3.29. The Hall–Kier alpha value is -2.13. The first kappa shape index (κ1) is 16.7. The molecule has 130 valence electrons. The molecule has 8 nitrogen and oxygen atoms in total. The van der Waals surface area contributed by atoms with Crippen molar-refractivity contribution in [1.82, 2.24) is 9.62 Å². The van der Waals surface area contributed by atoms with Gasteiger partial charge in [-0.15, -0.1) is 0 Å². The topological polar surface area (TPSA) is 113 Å². The van der Waals surface area contributed by atoms with E-state index in [1.807, 2.05) is 0 Å². The third-order valence-corrected chi connectivity index (χ3v) is 6.46. The van der Waals surface area contributed by atoms with Gasteiger partial charge in [-0.05, 0) is 30.5 Å². The molecule has 0 aromatic heterocycles. The molecule has 0 radical (unpaired) electrons. The van der Waals surface area contributed by atoms with Crippen LogP contribution in [0.4, 0.5) is 4.79 Å². The smallest absolute Gasteiger partial charge is 0.404 e. The van der Waals surface area contributed by atoms with Gasteiger partial charge in [-0.2, -0.15) is 4.31 Å². The van der Waals surface area contributed by atoms with Crippen molar-refractivity contribution >= 4 is 22.1 Å². The van der Waals surface area contributed by atoms with E-state index in [1.165, 1.54) is 4.31 Å². The second-order valence-electron chi connectivity index (χ2n) is 5.86. The molecule has 9 heteroatoms. The lowest BCUT2D eigenvalue weighted by Crippen LogP contribution is -2.39. The maximum Gasteiger partial charge on any atom is 0.404 e. The largest absolute Gasteiger partial charge is 0.465 e. The van der Waals surface area contributed by atoms with Gasteiger partial charge in [-0.25, -0.2) is 18.0 Å². The van der Waals surface area contributed by atoms with Crippen molar-refractivity contribution in [3.05, 3.63) is 34.4 Å². The lowest BCUT2D eigenvalue weighted by atomic mass is 9.94. The van der Waals surface area contributed by atoms with E-state index < -0.39 is 28.1 Å². The zero-order valence-electron chi connectivity index (χ0n) is 13.1. The molecule has 1 atom stereocenters. The molecular formula is C15H18N2O6S. The maximum atomic E-state index is 12.3. The van der Waals surface area contributed by atoms with Crippen LogP contribution < -0.4 is 5.32 Å². The van der Waals surface area contributed by atoms with E-state index in [0.29, 0.717) is 24.1 Å². The summed E-state index contributed by atoms with van der Waals surface area (Å²) in [5.74, 6) is -0.337. The Morgan fingerprint density at radius 3 is 2.83 bits per heavy atom. The Bertz CT molecular complexity index is 804. The minimum Gasteiger partial charge on any atom is -0.465 e. The number of fused-ring (bicyclic) bond motifs is 1. The van der Waals surface area contributed by atoms with Crippen LogP contribution in [-0.4, -0.2) is 48.7 Å². The summed E-state index contributed by atoms with van der Waals surface area (Å²) < 4.78 is 30.9. The molecule has 3 rings (SSSR count). The highest BCUT2D eigenvalue weighted by Gasteiger charge is 2.37. The predicted octanol–water partition coefficient (Wildman–Crippen LogP) is 1.01. The third-order valence-electron chi connectivity index (χ3n) is 4.50. The highest BCUT2D eigenvalue weighted by atomic mass is 32.2. The molecule has 24 heavy (non-hydrogen) atoms. The lowest BCUT2D eigenvalue weighted by molar-refractivity contribution is 0.0535. The van der Waals surface area contributed by atoms with Gasteiger partial charge >= 0.3 is 12.1 Å². The van der Waals surface area contributed by atoms with Crippen LogP contribution in [0.3, 0.4) is 0 Å². The van der Waals surface area contributed by atoms with Crippen molar-refractivity contribution in [2.45, 2.75) is 26.0 Å². The molecule has 2 aliphatic rings. The van der Waals surface area contributed by atoms with Crippen LogP contribution in [0.15, 0.2) is 12.1 Å². The number of nitrogens with one attached hydrogen (secondary N) is 1. The van der Waals surface area contributed by atoms with Gasteiger partial charge in [0.05, 0.1) is 17.4 Å². The summed E-state index contributed by atoms with van der Waals surface area (Å²) in [6.45, 7) is 2.25. The van der Waals surface area contributed by atoms with Crippen LogP contribution in [0.1, 0.15) is 39.5 Å². The number of nitrogens with zero attached hydrogens (tertiary/aromatic N) is 1. The monoisotopic (exact) mass is 354 g/mol. The molecule has 1 aromatic carbocycles. The first-order valence-corrected chi connectivity index (χ1v) is 9.18. The fourth-order valence-corrected chi connectivity index (χ4v) is 5.00. The Balaban J connectivity index is 2.03. The molecule has 0 bridgehead atoms. The Kier molecular flexibility index (Phi) is 4.22. The van der Waals surface area contributed by atoms with Crippen molar-refractivity contribution < 1.29 is 27.9 Å². The lowest BCUT2D eigenvalue weighted by Gasteiger charge is -2.28. The Morgan fingerprint density at radius 1 is 1.46 bits per heavy atom. The average Bonchev–Trinajstić information content (AvgIpc) is 3.05. The molecule has 1 saturated heterocycles. The SMILES string of the molecule is Cc1c(C(CNC(=O)O)N2CCCS2(=O)=O)ccc2c1COC2=O. The second-order valence-corrected chi connectivity index (χ2v) is 7.91. The standard InChI is InChI=1S/C15H18N2O6S/c1-9-10(3-4-11-12(9)8-23-14(11)18)13(7-16-15(19)20)17-5-2-6-24(17,21)22/h3-4,13,16H,2,5-8H2,1H3,(H,19,20). The zero-order valence-corrected chi connectivity index (χ0v) is 13.9. The highest BCUT2D eigenvalue weighted by Crippen LogP contribution is 2.34. The normalized spacial score (nSPS) is 20.5. The summed E-state index contributed by atoms with van der Waals surface area (Å²) in [4.78, 5) is 22.5. The van der Waals surface area contributed by atoms with Gasteiger partial charge < -0.3 is 15.2 Å². The summed E-state index contributed by atoms with van der Waals surface area (Å²) in [5.41, 5.74) is 2.66. The first-order chi connectivity index (χ1) is 11.3. The van der Waals surface area contributed by atoms with E-state index in [4.69, 9.17) is 9.84 Å². The number of carboxylic acid groups (broad SMARTS) is 1. The van der Waals surface area contributed by atoms with Gasteiger partial charge in [0, 0.05) is 18.7 Å².